The Hall–Kier alpha value is -4.13. The summed E-state index contributed by atoms with van der Waals surface area (Å²) >= 11 is 0. The van der Waals surface area contributed by atoms with Gasteiger partial charge in [0.05, 0.1) is 0 Å². The fourth-order valence-corrected chi connectivity index (χ4v) is 4.66. The van der Waals surface area contributed by atoms with Crippen LogP contribution in [-0.4, -0.2) is 47.7 Å². The van der Waals surface area contributed by atoms with Crippen LogP contribution in [0.15, 0.2) is 78.9 Å². The van der Waals surface area contributed by atoms with Crippen LogP contribution in [0, 0.1) is 0 Å². The quantitative estimate of drug-likeness (QED) is 0.500. The molecule has 2 unspecified atom stereocenters. The molecule has 1 aliphatic carbocycles. The average molecular weight is 473 g/mol. The number of aliphatic carboxylic acids is 1. The van der Waals surface area contributed by atoms with Crippen molar-refractivity contribution in [3.8, 4) is 11.1 Å². The molecule has 4 rings (SSSR count). The van der Waals surface area contributed by atoms with Crippen LogP contribution in [0.4, 0.5) is 4.79 Å². The molecule has 7 heteroatoms. The Morgan fingerprint density at radius 3 is 2.00 bits per heavy atom. The van der Waals surface area contributed by atoms with Gasteiger partial charge in [-0.05, 0) is 34.2 Å². The number of hydrogen-bond acceptors (Lipinski definition) is 4. The van der Waals surface area contributed by atoms with Gasteiger partial charge in [0.15, 0.2) is 0 Å². The molecular weight excluding hydrogens is 444 g/mol. The van der Waals surface area contributed by atoms with Gasteiger partial charge in [0.2, 0.25) is 5.91 Å². The number of carboxylic acid groups (broad SMARTS) is 1. The van der Waals surface area contributed by atoms with Crippen molar-refractivity contribution in [1.29, 1.82) is 0 Å². The lowest BCUT2D eigenvalue weighted by Crippen LogP contribution is -2.48. The van der Waals surface area contributed by atoms with Crippen LogP contribution in [0.3, 0.4) is 0 Å². The largest absolute Gasteiger partial charge is 0.480 e. The zero-order valence-corrected chi connectivity index (χ0v) is 19.7. The first-order chi connectivity index (χ1) is 16.9. The smallest absolute Gasteiger partial charge is 0.408 e. The van der Waals surface area contributed by atoms with Crippen molar-refractivity contribution in [3.63, 3.8) is 0 Å². The van der Waals surface area contributed by atoms with Crippen molar-refractivity contribution in [2.45, 2.75) is 31.3 Å². The predicted molar refractivity (Wildman–Crippen MR) is 132 cm³/mol. The summed E-state index contributed by atoms with van der Waals surface area (Å²) < 4.78 is 5.62. The number of carbonyl (C=O) groups is 3. The van der Waals surface area contributed by atoms with Crippen LogP contribution in [-0.2, 0) is 14.3 Å². The van der Waals surface area contributed by atoms with E-state index < -0.39 is 30.1 Å². The van der Waals surface area contributed by atoms with Gasteiger partial charge in [-0.25, -0.2) is 9.59 Å². The van der Waals surface area contributed by atoms with Crippen LogP contribution < -0.4 is 5.32 Å². The number of likely N-dealkylation sites (N-methyl/N-ethyl adjacent to an activating group) is 1. The second-order valence-corrected chi connectivity index (χ2v) is 8.53. The Kier molecular flexibility index (Phi) is 7.15. The number of hydrogen-bond donors (Lipinski definition) is 2. The second-order valence-electron chi connectivity index (χ2n) is 8.53. The Morgan fingerprint density at radius 1 is 0.914 bits per heavy atom. The van der Waals surface area contributed by atoms with Crippen LogP contribution in [0.1, 0.15) is 42.0 Å². The Labute approximate surface area is 204 Å². The van der Waals surface area contributed by atoms with E-state index in [0.717, 1.165) is 27.2 Å². The van der Waals surface area contributed by atoms with Crippen LogP contribution in [0.25, 0.3) is 11.1 Å². The summed E-state index contributed by atoms with van der Waals surface area (Å²) in [6, 6.07) is 22.7. The summed E-state index contributed by atoms with van der Waals surface area (Å²) in [4.78, 5) is 38.9. The minimum Gasteiger partial charge on any atom is -0.480 e. The maximum absolute atomic E-state index is 13.3. The molecule has 0 heterocycles. The Bertz CT molecular complexity index is 1180. The van der Waals surface area contributed by atoms with Crippen LogP contribution in [0.5, 0.6) is 0 Å². The molecule has 0 fully saturated rings. The standard InChI is InChI=1S/C28H28N2O5/c1-3-24(27(32)33)30(2)26(31)25(18-11-5-4-6-12-18)29-28(34)35-17-23-21-15-9-7-13-19(21)20-14-8-10-16-22(20)23/h4-16,23-25H,3,17H2,1-2H3,(H,29,34)(H,32,33). The molecule has 0 saturated carbocycles. The number of nitrogens with one attached hydrogen (secondary N) is 1. The number of benzene rings is 3. The zero-order chi connectivity index (χ0) is 24.9. The van der Waals surface area contributed by atoms with E-state index in [9.17, 15) is 19.5 Å². The maximum atomic E-state index is 13.3. The lowest BCUT2D eigenvalue weighted by molar-refractivity contribution is -0.150. The molecule has 0 saturated heterocycles. The van der Waals surface area contributed by atoms with Gasteiger partial charge in [0.25, 0.3) is 0 Å². The molecule has 0 radical (unpaired) electrons. The van der Waals surface area contributed by atoms with Gasteiger partial charge in [0, 0.05) is 13.0 Å². The topological polar surface area (TPSA) is 95.9 Å². The maximum Gasteiger partial charge on any atom is 0.408 e. The summed E-state index contributed by atoms with van der Waals surface area (Å²) in [5.41, 5.74) is 4.96. The van der Waals surface area contributed by atoms with E-state index in [1.165, 1.54) is 7.05 Å². The third-order valence-electron chi connectivity index (χ3n) is 6.47. The number of amides is 2. The minimum absolute atomic E-state index is 0.109. The van der Waals surface area contributed by atoms with E-state index >= 15 is 0 Å². The first-order valence-corrected chi connectivity index (χ1v) is 11.6. The van der Waals surface area contributed by atoms with Gasteiger partial charge in [-0.2, -0.15) is 0 Å². The molecule has 1 aliphatic rings. The lowest BCUT2D eigenvalue weighted by Gasteiger charge is -2.28. The highest BCUT2D eigenvalue weighted by Gasteiger charge is 2.33. The first-order valence-electron chi connectivity index (χ1n) is 11.6. The Morgan fingerprint density at radius 2 is 1.46 bits per heavy atom. The van der Waals surface area contributed by atoms with E-state index in [1.54, 1.807) is 37.3 Å². The minimum atomic E-state index is -1.10. The van der Waals surface area contributed by atoms with Gasteiger partial charge < -0.3 is 20.1 Å². The fourth-order valence-electron chi connectivity index (χ4n) is 4.66. The van der Waals surface area contributed by atoms with Crippen molar-refractivity contribution < 1.29 is 24.2 Å². The van der Waals surface area contributed by atoms with Gasteiger partial charge in [-0.1, -0.05) is 85.8 Å². The summed E-state index contributed by atoms with van der Waals surface area (Å²) in [5, 5.41) is 12.1. The van der Waals surface area contributed by atoms with Crippen molar-refractivity contribution in [2.75, 3.05) is 13.7 Å². The van der Waals surface area contributed by atoms with E-state index in [1.807, 2.05) is 36.4 Å². The number of ether oxygens (including phenoxy) is 1. The normalized spacial score (nSPS) is 13.8. The molecule has 35 heavy (non-hydrogen) atoms. The number of nitrogens with zero attached hydrogens (tertiary/aromatic N) is 1. The molecular formula is C28H28N2O5. The number of alkyl carbamates (subject to hydrolysis) is 1. The first kappa shape index (κ1) is 24.0. The molecule has 0 bridgehead atoms. The number of rotatable bonds is 8. The highest BCUT2D eigenvalue weighted by atomic mass is 16.5. The van der Waals surface area contributed by atoms with Gasteiger partial charge >= 0.3 is 12.1 Å². The molecule has 0 aliphatic heterocycles. The van der Waals surface area contributed by atoms with Crippen LogP contribution in [0.2, 0.25) is 0 Å². The molecule has 7 nitrogen and oxygen atoms in total. The van der Waals surface area contributed by atoms with E-state index in [0.29, 0.717) is 5.56 Å². The summed E-state index contributed by atoms with van der Waals surface area (Å²) in [7, 11) is 1.43. The highest BCUT2D eigenvalue weighted by Crippen LogP contribution is 2.44. The van der Waals surface area contributed by atoms with Gasteiger partial charge in [-0.15, -0.1) is 0 Å². The van der Waals surface area contributed by atoms with Crippen LogP contribution >= 0.6 is 0 Å². The summed E-state index contributed by atoms with van der Waals surface area (Å²) in [6.45, 7) is 1.80. The van der Waals surface area contributed by atoms with Crippen molar-refractivity contribution in [2.24, 2.45) is 0 Å². The number of carboxylic acids is 1. The zero-order valence-electron chi connectivity index (χ0n) is 19.7. The monoisotopic (exact) mass is 472 g/mol. The molecule has 0 aromatic heterocycles. The van der Waals surface area contributed by atoms with Gasteiger partial charge in [0.1, 0.15) is 18.7 Å². The third-order valence-corrected chi connectivity index (χ3v) is 6.47. The molecule has 2 amide bonds. The molecule has 3 aromatic carbocycles. The molecule has 180 valence electrons. The van der Waals surface area contributed by atoms with E-state index in [-0.39, 0.29) is 18.9 Å². The molecule has 2 atom stereocenters. The molecule has 0 spiro atoms. The lowest BCUT2D eigenvalue weighted by atomic mass is 9.98. The second kappa shape index (κ2) is 10.4. The predicted octanol–water partition coefficient (Wildman–Crippen LogP) is 4.59. The fraction of sp³-hybridized carbons (Fsp3) is 0.250. The third kappa shape index (κ3) is 4.89. The summed E-state index contributed by atoms with van der Waals surface area (Å²) in [6.07, 6.45) is -0.504. The average Bonchev–Trinajstić information content (AvgIpc) is 3.20. The van der Waals surface area contributed by atoms with Crippen molar-refractivity contribution in [1.82, 2.24) is 10.2 Å². The Balaban J connectivity index is 1.51. The molecule has 3 aromatic rings. The summed E-state index contributed by atoms with van der Waals surface area (Å²) in [5.74, 6) is -1.74. The number of fused-ring (bicyclic) bond motifs is 3. The highest BCUT2D eigenvalue weighted by molar-refractivity contribution is 5.90. The van der Waals surface area contributed by atoms with E-state index in [4.69, 9.17) is 4.74 Å². The van der Waals surface area contributed by atoms with Crippen molar-refractivity contribution in [3.05, 3.63) is 95.6 Å². The molecule has 2 N–H and O–H groups in total. The SMILES string of the molecule is CCC(C(=O)O)N(C)C(=O)C(NC(=O)OCC1c2ccccc2-c2ccccc21)c1ccccc1. The number of carbonyl (C=O) groups excluding carboxylic acids is 2. The van der Waals surface area contributed by atoms with E-state index in [2.05, 4.69) is 17.4 Å². The van der Waals surface area contributed by atoms with Gasteiger partial charge in [-0.3, -0.25) is 4.79 Å². The van der Waals surface area contributed by atoms with Crippen molar-refractivity contribution >= 4 is 18.0 Å².